The fraction of sp³-hybridized carbons (Fsp3) is 0.423. The van der Waals surface area contributed by atoms with Crippen molar-refractivity contribution in [3.63, 3.8) is 0 Å². The largest absolute Gasteiger partial charge is 0.381 e. The lowest BCUT2D eigenvalue weighted by molar-refractivity contribution is 0.0237. The number of pyridine rings is 1. The number of halogens is 1. The Bertz CT molecular complexity index is 1470. The number of benzene rings is 1. The van der Waals surface area contributed by atoms with Crippen molar-refractivity contribution in [1.82, 2.24) is 19.2 Å². The summed E-state index contributed by atoms with van der Waals surface area (Å²) in [4.78, 5) is 21.0. The maximum atomic E-state index is 15.1. The van der Waals surface area contributed by atoms with E-state index in [1.165, 1.54) is 0 Å². The molecular weight excluding hydrogens is 461 g/mol. The third-order valence-electron chi connectivity index (χ3n) is 7.64. The molecule has 188 valence electrons. The lowest BCUT2D eigenvalue weighted by atomic mass is 9.86. The molecule has 1 aromatic carbocycles. The van der Waals surface area contributed by atoms with Gasteiger partial charge in [0.1, 0.15) is 5.52 Å². The summed E-state index contributed by atoms with van der Waals surface area (Å²) in [6.45, 7) is 3.49. The zero-order chi connectivity index (χ0) is 25.1. The number of carbonyl (C=O) groups is 1. The zero-order valence-corrected chi connectivity index (χ0v) is 20.7. The van der Waals surface area contributed by atoms with Gasteiger partial charge in [-0.2, -0.15) is 5.10 Å². The third kappa shape index (κ3) is 3.67. The summed E-state index contributed by atoms with van der Waals surface area (Å²) in [6.07, 6.45) is 8.76. The molecule has 1 amide bonds. The minimum Gasteiger partial charge on any atom is -0.381 e. The van der Waals surface area contributed by atoms with Crippen LogP contribution < -0.4 is 15.5 Å². The van der Waals surface area contributed by atoms with Crippen LogP contribution in [0.5, 0.6) is 0 Å². The average molecular weight is 492 g/mol. The van der Waals surface area contributed by atoms with Gasteiger partial charge in [-0.25, -0.2) is 9.37 Å². The van der Waals surface area contributed by atoms with Gasteiger partial charge >= 0.3 is 0 Å². The van der Waals surface area contributed by atoms with Crippen LogP contribution in [-0.2, 0) is 11.8 Å². The van der Waals surface area contributed by atoms with Crippen LogP contribution in [0.1, 0.15) is 35.3 Å². The Morgan fingerprint density at radius 2 is 2.03 bits per heavy atom. The number of aryl methyl sites for hydroxylation is 2. The molecule has 6 rings (SSSR count). The number of aromatic nitrogens is 4. The molecule has 0 bridgehead atoms. The molecule has 1 aliphatic heterocycles. The molecule has 4 heterocycles. The van der Waals surface area contributed by atoms with E-state index in [1.807, 2.05) is 38.6 Å². The number of nitrogens with zero attached hydrogens (tertiary/aromatic N) is 6. The number of methoxy groups -OCH3 is 1. The maximum absolute atomic E-state index is 15.1. The number of fused-ring (bicyclic) bond motifs is 2. The van der Waals surface area contributed by atoms with Crippen LogP contribution in [-0.4, -0.2) is 63.5 Å². The summed E-state index contributed by atoms with van der Waals surface area (Å²) >= 11 is 0. The van der Waals surface area contributed by atoms with E-state index in [0.717, 1.165) is 54.8 Å². The Hall–Kier alpha value is -3.66. The van der Waals surface area contributed by atoms with Crippen LogP contribution in [0.15, 0.2) is 36.8 Å². The summed E-state index contributed by atoms with van der Waals surface area (Å²) in [5, 5.41) is 5.40. The highest BCUT2D eigenvalue weighted by molar-refractivity contribution is 6.08. The molecule has 1 saturated heterocycles. The standard InChI is InChI=1S/C26H30FN7O2/c1-15-11-33-13-18(10-22(27)26(33)29-15)34(17-8-19(9-17)36-3)16-6-7-32(12-16)23-5-4-20(25(28)35)24-21(23)14-31(2)30-24/h4-5,10-11,13-14,16-17,19H,6-9,12H2,1-3H3,(H2,28,35)/t16-,17?,19?/m0/s1. The van der Waals surface area contributed by atoms with Crippen LogP contribution in [0.4, 0.5) is 15.8 Å². The van der Waals surface area contributed by atoms with Gasteiger partial charge in [0.25, 0.3) is 5.91 Å². The van der Waals surface area contributed by atoms with E-state index < -0.39 is 5.91 Å². The van der Waals surface area contributed by atoms with Gasteiger partial charge in [0.2, 0.25) is 0 Å². The number of nitrogens with two attached hydrogens (primary N) is 1. The van der Waals surface area contributed by atoms with Crippen molar-refractivity contribution in [3.05, 3.63) is 53.9 Å². The van der Waals surface area contributed by atoms with E-state index in [9.17, 15) is 4.79 Å². The van der Waals surface area contributed by atoms with E-state index in [0.29, 0.717) is 16.7 Å². The molecule has 9 nitrogen and oxygen atoms in total. The van der Waals surface area contributed by atoms with Crippen LogP contribution in [0, 0.1) is 12.7 Å². The molecule has 1 atom stereocenters. The first-order valence-electron chi connectivity index (χ1n) is 12.3. The van der Waals surface area contributed by atoms with Gasteiger partial charge in [-0.05, 0) is 38.3 Å². The topological polar surface area (TPSA) is 93.9 Å². The van der Waals surface area contributed by atoms with Crippen molar-refractivity contribution in [2.24, 2.45) is 12.8 Å². The molecule has 1 aliphatic carbocycles. The minimum atomic E-state index is -0.486. The van der Waals surface area contributed by atoms with Crippen molar-refractivity contribution in [3.8, 4) is 0 Å². The summed E-state index contributed by atoms with van der Waals surface area (Å²) in [5.41, 5.74) is 9.66. The molecule has 2 aliphatic rings. The highest BCUT2D eigenvalue weighted by Crippen LogP contribution is 2.38. The SMILES string of the molecule is COC1CC(N(c2cc(F)c3nc(C)cn3c2)[C@H]2CCN(c3ccc(C(N)=O)c4nn(C)cc34)C2)C1. The van der Waals surface area contributed by atoms with E-state index >= 15 is 4.39 Å². The molecule has 4 aromatic rings. The van der Waals surface area contributed by atoms with Crippen LogP contribution in [0.2, 0.25) is 0 Å². The summed E-state index contributed by atoms with van der Waals surface area (Å²) in [5.74, 6) is -0.803. The third-order valence-corrected chi connectivity index (χ3v) is 7.64. The summed E-state index contributed by atoms with van der Waals surface area (Å²) in [7, 11) is 3.59. The molecule has 0 spiro atoms. The van der Waals surface area contributed by atoms with Crippen molar-refractivity contribution >= 4 is 33.8 Å². The number of amides is 1. The Kier molecular flexibility index (Phi) is 5.36. The number of anilines is 2. The Morgan fingerprint density at radius 3 is 2.78 bits per heavy atom. The minimum absolute atomic E-state index is 0.191. The number of imidazole rings is 1. The molecule has 10 heteroatoms. The van der Waals surface area contributed by atoms with Gasteiger partial charge in [-0.1, -0.05) is 0 Å². The molecule has 2 N–H and O–H groups in total. The number of hydrogen-bond acceptors (Lipinski definition) is 6. The van der Waals surface area contributed by atoms with E-state index in [4.69, 9.17) is 10.5 Å². The molecule has 1 saturated carbocycles. The fourth-order valence-electron chi connectivity index (χ4n) is 5.85. The van der Waals surface area contributed by atoms with E-state index in [-0.39, 0.29) is 24.0 Å². The number of carbonyl (C=O) groups excluding carboxylic acids is 1. The van der Waals surface area contributed by atoms with Crippen molar-refractivity contribution in [2.75, 3.05) is 30.0 Å². The molecule has 2 fully saturated rings. The predicted molar refractivity (Wildman–Crippen MR) is 136 cm³/mol. The van der Waals surface area contributed by atoms with Gasteiger partial charge in [0.15, 0.2) is 11.5 Å². The number of rotatable bonds is 6. The monoisotopic (exact) mass is 491 g/mol. The number of hydrogen-bond donors (Lipinski definition) is 1. The van der Waals surface area contributed by atoms with Crippen LogP contribution in [0.3, 0.4) is 0 Å². The van der Waals surface area contributed by atoms with E-state index in [2.05, 4.69) is 19.9 Å². The van der Waals surface area contributed by atoms with Crippen LogP contribution >= 0.6 is 0 Å². The number of primary amides is 1. The summed E-state index contributed by atoms with van der Waals surface area (Å²) < 4.78 is 24.1. The Morgan fingerprint density at radius 1 is 1.22 bits per heavy atom. The average Bonchev–Trinajstić information content (AvgIpc) is 3.52. The smallest absolute Gasteiger partial charge is 0.250 e. The number of ether oxygens (including phenoxy) is 1. The second-order valence-electron chi connectivity index (χ2n) is 10.00. The van der Waals surface area contributed by atoms with E-state index in [1.54, 1.807) is 28.3 Å². The zero-order valence-electron chi connectivity index (χ0n) is 20.7. The highest BCUT2D eigenvalue weighted by Gasteiger charge is 2.40. The van der Waals surface area contributed by atoms with Crippen molar-refractivity contribution in [1.29, 1.82) is 0 Å². The first-order valence-corrected chi connectivity index (χ1v) is 12.3. The Labute approximate surface area is 208 Å². The molecular formula is C26H30FN7O2. The maximum Gasteiger partial charge on any atom is 0.250 e. The second-order valence-corrected chi connectivity index (χ2v) is 10.00. The van der Waals surface area contributed by atoms with Crippen LogP contribution in [0.25, 0.3) is 16.6 Å². The molecule has 0 unspecified atom stereocenters. The summed E-state index contributed by atoms with van der Waals surface area (Å²) in [6, 6.07) is 5.80. The van der Waals surface area contributed by atoms with Gasteiger partial charge in [0, 0.05) is 75.1 Å². The lowest BCUT2D eigenvalue weighted by Gasteiger charge is -2.46. The second kappa shape index (κ2) is 8.48. The quantitative estimate of drug-likeness (QED) is 0.446. The first-order chi connectivity index (χ1) is 17.3. The van der Waals surface area contributed by atoms with Crippen molar-refractivity contribution < 1.29 is 13.9 Å². The van der Waals surface area contributed by atoms with Gasteiger partial charge in [0.05, 0.1) is 23.0 Å². The normalized spacial score (nSPS) is 21.9. The first kappa shape index (κ1) is 22.8. The fourth-order valence-corrected chi connectivity index (χ4v) is 5.85. The lowest BCUT2D eigenvalue weighted by Crippen LogP contribution is -2.53. The van der Waals surface area contributed by atoms with Gasteiger partial charge in [-0.3, -0.25) is 9.48 Å². The molecule has 36 heavy (non-hydrogen) atoms. The molecule has 3 aromatic heterocycles. The van der Waals surface area contributed by atoms with Gasteiger partial charge in [-0.15, -0.1) is 0 Å². The van der Waals surface area contributed by atoms with Gasteiger partial charge < -0.3 is 24.7 Å². The Balaban J connectivity index is 1.35. The predicted octanol–water partition coefficient (Wildman–Crippen LogP) is 3.03. The highest BCUT2D eigenvalue weighted by atomic mass is 19.1. The molecule has 0 radical (unpaired) electrons. The van der Waals surface area contributed by atoms with Crippen molar-refractivity contribution in [2.45, 2.75) is 44.4 Å².